The molecule has 0 spiro atoms. The van der Waals surface area contributed by atoms with Gasteiger partial charge in [0.25, 0.3) is 0 Å². The molecule has 24 heavy (non-hydrogen) atoms. The second-order valence-corrected chi connectivity index (χ2v) is 7.15. The lowest BCUT2D eigenvalue weighted by Crippen LogP contribution is -2.46. The predicted molar refractivity (Wildman–Crippen MR) is 95.9 cm³/mol. The maximum absolute atomic E-state index is 11.3. The van der Waals surface area contributed by atoms with Gasteiger partial charge >= 0.3 is 0 Å². The Labute approximate surface area is 145 Å². The Hall–Kier alpha value is -1.34. The van der Waals surface area contributed by atoms with E-state index in [4.69, 9.17) is 10.5 Å². The average Bonchev–Trinajstić information content (AvgIpc) is 3.01. The van der Waals surface area contributed by atoms with Crippen LogP contribution in [0, 0.1) is 5.92 Å². The fourth-order valence-corrected chi connectivity index (χ4v) is 3.47. The molecule has 7 nitrogen and oxygen atoms in total. The Bertz CT molecular complexity index is 435. The van der Waals surface area contributed by atoms with Gasteiger partial charge in [0.05, 0.1) is 11.5 Å². The molecule has 0 aromatic rings. The van der Waals surface area contributed by atoms with Crippen molar-refractivity contribution in [3.63, 3.8) is 0 Å². The third-order valence-corrected chi connectivity index (χ3v) is 5.01. The number of rotatable bonds is 7. The zero-order valence-corrected chi connectivity index (χ0v) is 15.1. The van der Waals surface area contributed by atoms with Gasteiger partial charge in [0.2, 0.25) is 5.91 Å². The van der Waals surface area contributed by atoms with Crippen LogP contribution < -0.4 is 16.4 Å². The Morgan fingerprint density at radius 2 is 2.25 bits per heavy atom. The van der Waals surface area contributed by atoms with Crippen LogP contribution in [0.1, 0.15) is 39.0 Å². The summed E-state index contributed by atoms with van der Waals surface area (Å²) in [5.74, 6) is 0.679. The lowest BCUT2D eigenvalue weighted by Gasteiger charge is -2.31. The molecule has 4 N–H and O–H groups in total. The summed E-state index contributed by atoms with van der Waals surface area (Å²) in [5, 5.41) is 6.70. The molecule has 2 heterocycles. The van der Waals surface area contributed by atoms with Crippen LogP contribution in [0.15, 0.2) is 4.99 Å². The highest BCUT2D eigenvalue weighted by Crippen LogP contribution is 2.23. The lowest BCUT2D eigenvalue weighted by atomic mass is 9.97. The SMILES string of the molecule is CN=C(NCCCN1CCCC(C(N)=O)C1)NCC1(C)CCCO1. The number of guanidine groups is 1. The molecule has 2 rings (SSSR count). The molecule has 2 saturated heterocycles. The fourth-order valence-electron chi connectivity index (χ4n) is 3.47. The summed E-state index contributed by atoms with van der Waals surface area (Å²) >= 11 is 0. The first-order chi connectivity index (χ1) is 11.5. The third kappa shape index (κ3) is 5.94. The number of nitrogens with two attached hydrogens (primary N) is 1. The molecule has 2 aliphatic heterocycles. The van der Waals surface area contributed by atoms with Crippen LogP contribution in [-0.4, -0.2) is 68.7 Å². The van der Waals surface area contributed by atoms with Gasteiger partial charge in [-0.05, 0) is 52.1 Å². The Morgan fingerprint density at radius 3 is 2.92 bits per heavy atom. The normalized spacial score (nSPS) is 28.8. The molecule has 0 aromatic carbocycles. The van der Waals surface area contributed by atoms with E-state index in [1.165, 1.54) is 0 Å². The minimum atomic E-state index is -0.162. The van der Waals surface area contributed by atoms with Crippen LogP contribution in [0.3, 0.4) is 0 Å². The van der Waals surface area contributed by atoms with Gasteiger partial charge in [-0.3, -0.25) is 9.79 Å². The first-order valence-electron chi connectivity index (χ1n) is 9.12. The van der Waals surface area contributed by atoms with E-state index in [-0.39, 0.29) is 17.4 Å². The van der Waals surface area contributed by atoms with E-state index in [9.17, 15) is 4.79 Å². The number of ether oxygens (including phenoxy) is 1. The van der Waals surface area contributed by atoms with Crippen molar-refractivity contribution in [3.8, 4) is 0 Å². The molecular formula is C17H33N5O2. The molecule has 7 heteroatoms. The third-order valence-electron chi connectivity index (χ3n) is 5.01. The molecule has 0 aromatic heterocycles. The highest BCUT2D eigenvalue weighted by Gasteiger charge is 2.29. The van der Waals surface area contributed by atoms with Crippen molar-refractivity contribution < 1.29 is 9.53 Å². The van der Waals surface area contributed by atoms with Crippen molar-refractivity contribution in [2.45, 2.75) is 44.6 Å². The quantitative estimate of drug-likeness (QED) is 0.353. The Kier molecular flexibility index (Phi) is 7.30. The largest absolute Gasteiger partial charge is 0.373 e. The first kappa shape index (κ1) is 19.0. The standard InChI is InChI=1S/C17H33N5O2/c1-17(7-4-11-24-17)13-21-16(19-2)20-8-5-10-22-9-3-6-14(12-22)15(18)23/h14H,3-13H2,1-2H3,(H2,18,23)(H2,19,20,21). The fraction of sp³-hybridized carbons (Fsp3) is 0.882. The molecule has 0 saturated carbocycles. The molecule has 0 bridgehead atoms. The molecule has 138 valence electrons. The van der Waals surface area contributed by atoms with Crippen LogP contribution in [-0.2, 0) is 9.53 Å². The minimum absolute atomic E-state index is 0.0216. The zero-order valence-electron chi connectivity index (χ0n) is 15.1. The smallest absolute Gasteiger partial charge is 0.221 e. The van der Waals surface area contributed by atoms with Crippen molar-refractivity contribution in [1.29, 1.82) is 0 Å². The maximum Gasteiger partial charge on any atom is 0.221 e. The average molecular weight is 339 g/mol. The van der Waals surface area contributed by atoms with Gasteiger partial charge in [-0.1, -0.05) is 0 Å². The predicted octanol–water partition coefficient (Wildman–Crippen LogP) is 0.308. The summed E-state index contributed by atoms with van der Waals surface area (Å²) in [6, 6.07) is 0. The van der Waals surface area contributed by atoms with E-state index in [1.54, 1.807) is 7.05 Å². The second kappa shape index (κ2) is 9.22. The van der Waals surface area contributed by atoms with Crippen molar-refractivity contribution in [1.82, 2.24) is 15.5 Å². The Morgan fingerprint density at radius 1 is 1.42 bits per heavy atom. The summed E-state index contributed by atoms with van der Waals surface area (Å²) in [6.45, 7) is 7.48. The van der Waals surface area contributed by atoms with Gasteiger partial charge in [0.15, 0.2) is 5.96 Å². The van der Waals surface area contributed by atoms with Crippen LogP contribution in [0.25, 0.3) is 0 Å². The van der Waals surface area contributed by atoms with Gasteiger partial charge < -0.3 is 26.0 Å². The van der Waals surface area contributed by atoms with Gasteiger partial charge in [0.1, 0.15) is 0 Å². The van der Waals surface area contributed by atoms with Crippen molar-refractivity contribution in [2.24, 2.45) is 16.6 Å². The summed E-state index contributed by atoms with van der Waals surface area (Å²) in [5.41, 5.74) is 5.35. The number of aliphatic imine (C=N–C) groups is 1. The number of nitrogens with one attached hydrogen (secondary N) is 2. The number of carbonyl (C=O) groups is 1. The minimum Gasteiger partial charge on any atom is -0.373 e. The summed E-state index contributed by atoms with van der Waals surface area (Å²) in [4.78, 5) is 17.9. The number of primary amides is 1. The van der Waals surface area contributed by atoms with Gasteiger partial charge in [0, 0.05) is 33.3 Å². The van der Waals surface area contributed by atoms with Gasteiger partial charge in [-0.25, -0.2) is 0 Å². The maximum atomic E-state index is 11.3. The summed E-state index contributed by atoms with van der Waals surface area (Å²) in [7, 11) is 1.79. The van der Waals surface area contributed by atoms with E-state index < -0.39 is 0 Å². The molecule has 2 fully saturated rings. The molecular weight excluding hydrogens is 306 g/mol. The van der Waals surface area contributed by atoms with Crippen molar-refractivity contribution in [2.75, 3.05) is 46.4 Å². The highest BCUT2D eigenvalue weighted by molar-refractivity contribution is 5.79. The molecule has 1 amide bonds. The highest BCUT2D eigenvalue weighted by atomic mass is 16.5. The van der Waals surface area contributed by atoms with Crippen LogP contribution >= 0.6 is 0 Å². The van der Waals surface area contributed by atoms with Crippen molar-refractivity contribution in [3.05, 3.63) is 0 Å². The number of piperidine rings is 1. The van der Waals surface area contributed by atoms with Crippen LogP contribution in [0.5, 0.6) is 0 Å². The molecule has 2 unspecified atom stereocenters. The van der Waals surface area contributed by atoms with Gasteiger partial charge in [-0.2, -0.15) is 0 Å². The van der Waals surface area contributed by atoms with E-state index >= 15 is 0 Å². The monoisotopic (exact) mass is 339 g/mol. The van der Waals surface area contributed by atoms with Crippen LogP contribution in [0.2, 0.25) is 0 Å². The lowest BCUT2D eigenvalue weighted by molar-refractivity contribution is -0.123. The van der Waals surface area contributed by atoms with E-state index in [0.29, 0.717) is 0 Å². The van der Waals surface area contributed by atoms with E-state index in [2.05, 4.69) is 27.4 Å². The number of likely N-dealkylation sites (tertiary alicyclic amines) is 1. The number of hydrogen-bond donors (Lipinski definition) is 3. The van der Waals surface area contributed by atoms with Crippen molar-refractivity contribution >= 4 is 11.9 Å². The zero-order chi connectivity index (χ0) is 17.4. The van der Waals surface area contributed by atoms with Gasteiger partial charge in [-0.15, -0.1) is 0 Å². The first-order valence-corrected chi connectivity index (χ1v) is 9.12. The summed E-state index contributed by atoms with van der Waals surface area (Å²) < 4.78 is 5.78. The Balaban J connectivity index is 1.61. The summed E-state index contributed by atoms with van der Waals surface area (Å²) in [6.07, 6.45) is 5.23. The molecule has 0 radical (unpaired) electrons. The van der Waals surface area contributed by atoms with E-state index in [1.807, 2.05) is 0 Å². The van der Waals surface area contributed by atoms with E-state index in [0.717, 1.165) is 77.4 Å². The topological polar surface area (TPSA) is 92.0 Å². The number of nitrogens with zero attached hydrogens (tertiary/aromatic N) is 2. The van der Waals surface area contributed by atoms with Crippen LogP contribution in [0.4, 0.5) is 0 Å². The number of carbonyl (C=O) groups excluding carboxylic acids is 1. The number of amides is 1. The molecule has 2 atom stereocenters. The second-order valence-electron chi connectivity index (χ2n) is 7.15. The molecule has 2 aliphatic rings. The number of hydrogen-bond acceptors (Lipinski definition) is 4. The molecule has 0 aliphatic carbocycles.